The molecular weight excluding hydrogens is 345 g/mol. The summed E-state index contributed by atoms with van der Waals surface area (Å²) in [6.07, 6.45) is 8.15. The Labute approximate surface area is 131 Å². The zero-order valence-corrected chi connectivity index (χ0v) is 14.4. The lowest BCUT2D eigenvalue weighted by Gasteiger charge is -2.38. The predicted octanol–water partition coefficient (Wildman–Crippen LogP) is 4.78. The summed E-state index contributed by atoms with van der Waals surface area (Å²) in [6.45, 7) is 5.69. The van der Waals surface area contributed by atoms with Gasteiger partial charge >= 0.3 is 0 Å². The maximum Gasteiger partial charge on any atom is 0.0164 e. The fraction of sp³-hybridized carbons (Fsp3) is 0.647. The van der Waals surface area contributed by atoms with E-state index in [9.17, 15) is 0 Å². The molecule has 106 valence electrons. The van der Waals surface area contributed by atoms with E-state index >= 15 is 0 Å². The molecule has 1 aromatic carbocycles. The Morgan fingerprint density at radius 1 is 1.16 bits per heavy atom. The van der Waals surface area contributed by atoms with Gasteiger partial charge < -0.3 is 5.32 Å². The quantitative estimate of drug-likeness (QED) is 0.710. The maximum absolute atomic E-state index is 3.78. The van der Waals surface area contributed by atoms with Crippen LogP contribution in [0.1, 0.15) is 51.5 Å². The van der Waals surface area contributed by atoms with Crippen LogP contribution in [0.15, 0.2) is 24.3 Å². The van der Waals surface area contributed by atoms with Crippen LogP contribution in [-0.4, -0.2) is 12.6 Å². The molecule has 1 unspecified atom stereocenters. The largest absolute Gasteiger partial charge is 0.313 e. The van der Waals surface area contributed by atoms with Crippen LogP contribution in [0.3, 0.4) is 0 Å². The Hall–Kier alpha value is -0.0900. The molecule has 0 radical (unpaired) electrons. The lowest BCUT2D eigenvalue weighted by atomic mass is 9.74. The molecule has 0 spiro atoms. The van der Waals surface area contributed by atoms with Gasteiger partial charge in [0.15, 0.2) is 0 Å². The van der Waals surface area contributed by atoms with Crippen molar-refractivity contribution in [1.82, 2.24) is 5.32 Å². The van der Waals surface area contributed by atoms with E-state index in [4.69, 9.17) is 0 Å². The van der Waals surface area contributed by atoms with E-state index in [1.165, 1.54) is 47.7 Å². The molecular formula is C17H26IN. The standard InChI is InChI=1S/C17H26IN/c1-3-17(11-5-6-12-17)16(19-4-2)13-14-7-9-15(18)10-8-14/h7-10,16,19H,3-6,11-13H2,1-2H3. The van der Waals surface area contributed by atoms with Gasteiger partial charge in [-0.1, -0.05) is 38.8 Å². The van der Waals surface area contributed by atoms with Crippen LogP contribution < -0.4 is 5.32 Å². The first-order valence-electron chi connectivity index (χ1n) is 7.68. The minimum atomic E-state index is 0.541. The molecule has 1 atom stereocenters. The number of hydrogen-bond donors (Lipinski definition) is 1. The van der Waals surface area contributed by atoms with Gasteiger partial charge in [0.2, 0.25) is 0 Å². The Bertz CT molecular complexity index is 379. The lowest BCUT2D eigenvalue weighted by Crippen LogP contribution is -2.45. The van der Waals surface area contributed by atoms with E-state index < -0.39 is 0 Å². The third-order valence-electron chi connectivity index (χ3n) is 4.85. The zero-order valence-electron chi connectivity index (χ0n) is 12.2. The van der Waals surface area contributed by atoms with Gasteiger partial charge in [-0.05, 0) is 77.9 Å². The fourth-order valence-electron chi connectivity index (χ4n) is 3.64. The van der Waals surface area contributed by atoms with Gasteiger partial charge in [-0.2, -0.15) is 0 Å². The predicted molar refractivity (Wildman–Crippen MR) is 91.5 cm³/mol. The Morgan fingerprint density at radius 3 is 2.32 bits per heavy atom. The minimum Gasteiger partial charge on any atom is -0.313 e. The van der Waals surface area contributed by atoms with Crippen molar-refractivity contribution in [3.8, 4) is 0 Å². The van der Waals surface area contributed by atoms with Crippen molar-refractivity contribution in [3.05, 3.63) is 33.4 Å². The molecule has 0 heterocycles. The molecule has 0 bridgehead atoms. The summed E-state index contributed by atoms with van der Waals surface area (Å²) in [5.74, 6) is 0. The van der Waals surface area contributed by atoms with Crippen molar-refractivity contribution in [3.63, 3.8) is 0 Å². The van der Waals surface area contributed by atoms with Crippen LogP contribution in [0, 0.1) is 8.99 Å². The van der Waals surface area contributed by atoms with Crippen molar-refractivity contribution in [1.29, 1.82) is 0 Å². The SMILES string of the molecule is CCNC(Cc1ccc(I)cc1)C1(CC)CCCC1. The van der Waals surface area contributed by atoms with Gasteiger partial charge in [0.05, 0.1) is 0 Å². The van der Waals surface area contributed by atoms with Crippen LogP contribution >= 0.6 is 22.6 Å². The first-order valence-corrected chi connectivity index (χ1v) is 8.76. The molecule has 0 amide bonds. The summed E-state index contributed by atoms with van der Waals surface area (Å²) in [7, 11) is 0. The molecule has 0 aliphatic heterocycles. The van der Waals surface area contributed by atoms with Crippen LogP contribution in [0.4, 0.5) is 0 Å². The molecule has 1 aliphatic carbocycles. The second-order valence-corrected chi connectivity index (χ2v) is 7.11. The summed E-state index contributed by atoms with van der Waals surface area (Å²) in [5, 5.41) is 3.78. The minimum absolute atomic E-state index is 0.541. The van der Waals surface area contributed by atoms with Crippen molar-refractivity contribution in [2.24, 2.45) is 5.41 Å². The van der Waals surface area contributed by atoms with Gasteiger partial charge in [-0.25, -0.2) is 0 Å². The molecule has 2 rings (SSSR count). The molecule has 1 aromatic rings. The Balaban J connectivity index is 2.13. The van der Waals surface area contributed by atoms with Gasteiger partial charge in [-0.3, -0.25) is 0 Å². The van der Waals surface area contributed by atoms with Gasteiger partial charge in [0.1, 0.15) is 0 Å². The molecule has 19 heavy (non-hydrogen) atoms. The summed E-state index contributed by atoms with van der Waals surface area (Å²) in [4.78, 5) is 0. The molecule has 0 aromatic heterocycles. The van der Waals surface area contributed by atoms with Crippen LogP contribution in [0.5, 0.6) is 0 Å². The second-order valence-electron chi connectivity index (χ2n) is 5.86. The van der Waals surface area contributed by atoms with Crippen molar-refractivity contribution in [2.75, 3.05) is 6.54 Å². The highest BCUT2D eigenvalue weighted by molar-refractivity contribution is 14.1. The lowest BCUT2D eigenvalue weighted by molar-refractivity contribution is 0.186. The number of hydrogen-bond acceptors (Lipinski definition) is 1. The van der Waals surface area contributed by atoms with Gasteiger partial charge in [-0.15, -0.1) is 0 Å². The molecule has 1 N–H and O–H groups in total. The van der Waals surface area contributed by atoms with E-state index in [0.717, 1.165) is 6.54 Å². The van der Waals surface area contributed by atoms with E-state index in [1.807, 2.05) is 0 Å². The van der Waals surface area contributed by atoms with Crippen LogP contribution in [-0.2, 0) is 6.42 Å². The number of likely N-dealkylation sites (N-methyl/N-ethyl adjacent to an activating group) is 1. The van der Waals surface area contributed by atoms with E-state index in [0.29, 0.717) is 11.5 Å². The first kappa shape index (κ1) is 15.3. The summed E-state index contributed by atoms with van der Waals surface area (Å²) >= 11 is 2.38. The average molecular weight is 371 g/mol. The summed E-state index contributed by atoms with van der Waals surface area (Å²) < 4.78 is 1.33. The molecule has 1 nitrogen and oxygen atoms in total. The summed E-state index contributed by atoms with van der Waals surface area (Å²) in [6, 6.07) is 9.69. The summed E-state index contributed by atoms with van der Waals surface area (Å²) in [5.41, 5.74) is 2.02. The maximum atomic E-state index is 3.78. The fourth-order valence-corrected chi connectivity index (χ4v) is 3.99. The normalized spacial score (nSPS) is 19.5. The average Bonchev–Trinajstić information content (AvgIpc) is 2.91. The zero-order chi connectivity index (χ0) is 13.7. The van der Waals surface area contributed by atoms with Crippen molar-refractivity contribution < 1.29 is 0 Å². The van der Waals surface area contributed by atoms with E-state index in [2.05, 4.69) is 66.0 Å². The first-order chi connectivity index (χ1) is 9.20. The number of nitrogens with one attached hydrogen (secondary N) is 1. The number of benzene rings is 1. The second kappa shape index (κ2) is 7.07. The van der Waals surface area contributed by atoms with Crippen molar-refractivity contribution in [2.45, 2.75) is 58.4 Å². The third-order valence-corrected chi connectivity index (χ3v) is 5.57. The molecule has 1 aliphatic rings. The monoisotopic (exact) mass is 371 g/mol. The van der Waals surface area contributed by atoms with Crippen LogP contribution in [0.2, 0.25) is 0 Å². The van der Waals surface area contributed by atoms with Crippen molar-refractivity contribution >= 4 is 22.6 Å². The highest BCUT2D eigenvalue weighted by Crippen LogP contribution is 2.44. The Kier molecular flexibility index (Phi) is 5.70. The van der Waals surface area contributed by atoms with Gasteiger partial charge in [0.25, 0.3) is 0 Å². The smallest absolute Gasteiger partial charge is 0.0164 e. The molecule has 1 saturated carbocycles. The van der Waals surface area contributed by atoms with Gasteiger partial charge in [0, 0.05) is 9.61 Å². The van der Waals surface area contributed by atoms with E-state index in [1.54, 1.807) is 0 Å². The molecule has 0 saturated heterocycles. The topological polar surface area (TPSA) is 12.0 Å². The highest BCUT2D eigenvalue weighted by atomic mass is 127. The Morgan fingerprint density at radius 2 is 1.79 bits per heavy atom. The number of halogens is 1. The third kappa shape index (κ3) is 3.72. The highest BCUT2D eigenvalue weighted by Gasteiger charge is 2.39. The van der Waals surface area contributed by atoms with E-state index in [-0.39, 0.29) is 0 Å². The number of rotatable bonds is 6. The van der Waals surface area contributed by atoms with Crippen LogP contribution in [0.25, 0.3) is 0 Å². The molecule has 2 heteroatoms. The molecule has 1 fully saturated rings.